The van der Waals surface area contributed by atoms with Crippen LogP contribution in [0.2, 0.25) is 0 Å². The van der Waals surface area contributed by atoms with E-state index in [4.69, 9.17) is 5.73 Å². The zero-order valence-electron chi connectivity index (χ0n) is 15.4. The SMILES string of the molecule is CSCCCC[C@@H](Nc1ncnc2c(C(N)=O)cccc12)c1ccccc1. The van der Waals surface area contributed by atoms with Gasteiger partial charge in [0, 0.05) is 5.39 Å². The van der Waals surface area contributed by atoms with Crippen LogP contribution in [0.25, 0.3) is 10.9 Å². The molecule has 1 aromatic heterocycles. The van der Waals surface area contributed by atoms with Crippen LogP contribution < -0.4 is 11.1 Å². The highest BCUT2D eigenvalue weighted by Crippen LogP contribution is 2.28. The van der Waals surface area contributed by atoms with Crippen molar-refractivity contribution in [2.24, 2.45) is 5.73 Å². The van der Waals surface area contributed by atoms with Gasteiger partial charge in [-0.1, -0.05) is 42.8 Å². The van der Waals surface area contributed by atoms with Gasteiger partial charge in [0.25, 0.3) is 5.91 Å². The number of primary amides is 1. The van der Waals surface area contributed by atoms with Crippen molar-refractivity contribution >= 4 is 34.4 Å². The Bertz CT molecular complexity index is 901. The maximum Gasteiger partial charge on any atom is 0.250 e. The van der Waals surface area contributed by atoms with Crippen molar-refractivity contribution < 1.29 is 4.79 Å². The number of para-hydroxylation sites is 1. The number of nitrogens with one attached hydrogen (secondary N) is 1. The molecule has 3 rings (SSSR count). The second-order valence-corrected chi connectivity index (χ2v) is 7.37. The average Bonchev–Trinajstić information content (AvgIpc) is 2.70. The van der Waals surface area contributed by atoms with Gasteiger partial charge in [0.15, 0.2) is 0 Å². The molecule has 6 heteroatoms. The number of rotatable bonds is 9. The number of carbonyl (C=O) groups excluding carboxylic acids is 1. The molecule has 0 saturated heterocycles. The number of benzene rings is 2. The number of thioether (sulfide) groups is 1. The van der Waals surface area contributed by atoms with Crippen molar-refractivity contribution in [2.75, 3.05) is 17.3 Å². The number of nitrogens with zero attached hydrogens (tertiary/aromatic N) is 2. The average molecular weight is 381 g/mol. The van der Waals surface area contributed by atoms with Crippen molar-refractivity contribution in [3.8, 4) is 0 Å². The van der Waals surface area contributed by atoms with Gasteiger partial charge in [-0.15, -0.1) is 0 Å². The highest BCUT2D eigenvalue weighted by molar-refractivity contribution is 7.98. The Hall–Kier alpha value is -2.60. The minimum absolute atomic E-state index is 0.142. The predicted molar refractivity (Wildman–Crippen MR) is 113 cm³/mol. The lowest BCUT2D eigenvalue weighted by molar-refractivity contribution is 0.100. The minimum Gasteiger partial charge on any atom is -0.366 e. The number of hydrogen-bond donors (Lipinski definition) is 2. The summed E-state index contributed by atoms with van der Waals surface area (Å²) in [6.07, 6.45) is 6.93. The summed E-state index contributed by atoms with van der Waals surface area (Å²) in [5.74, 6) is 1.41. The number of nitrogens with two attached hydrogens (primary N) is 1. The summed E-state index contributed by atoms with van der Waals surface area (Å²) in [5, 5.41) is 4.38. The molecule has 1 heterocycles. The Kier molecular flexibility index (Phi) is 6.65. The molecule has 27 heavy (non-hydrogen) atoms. The van der Waals surface area contributed by atoms with Crippen LogP contribution in [0.3, 0.4) is 0 Å². The first-order valence-corrected chi connectivity index (χ1v) is 10.4. The molecule has 5 nitrogen and oxygen atoms in total. The van der Waals surface area contributed by atoms with Gasteiger partial charge in [-0.3, -0.25) is 4.79 Å². The fraction of sp³-hybridized carbons (Fsp3) is 0.286. The molecule has 2 aromatic carbocycles. The zero-order chi connectivity index (χ0) is 19.1. The van der Waals surface area contributed by atoms with Crippen molar-refractivity contribution in [3.63, 3.8) is 0 Å². The molecule has 0 radical (unpaired) electrons. The lowest BCUT2D eigenvalue weighted by Crippen LogP contribution is -2.14. The standard InChI is InChI=1S/C21H24N4OS/c1-27-13-6-5-12-18(15-8-3-2-4-9-15)25-21-17-11-7-10-16(20(22)26)19(17)23-14-24-21/h2-4,7-11,14,18H,5-6,12-13H2,1H3,(H2,22,26)(H,23,24,25)/t18-/m1/s1. The lowest BCUT2D eigenvalue weighted by Gasteiger charge is -2.21. The Morgan fingerprint density at radius 2 is 1.93 bits per heavy atom. The molecule has 0 aliphatic rings. The molecule has 1 amide bonds. The van der Waals surface area contributed by atoms with Gasteiger partial charge < -0.3 is 11.1 Å². The first-order chi connectivity index (χ1) is 13.2. The summed E-state index contributed by atoms with van der Waals surface area (Å²) >= 11 is 1.87. The van der Waals surface area contributed by atoms with Crippen molar-refractivity contribution in [1.82, 2.24) is 9.97 Å². The number of fused-ring (bicyclic) bond motifs is 1. The molecule has 0 aliphatic heterocycles. The topological polar surface area (TPSA) is 80.9 Å². The van der Waals surface area contributed by atoms with E-state index in [1.807, 2.05) is 30.0 Å². The van der Waals surface area contributed by atoms with E-state index in [1.54, 1.807) is 6.07 Å². The maximum atomic E-state index is 11.7. The third-order valence-corrected chi connectivity index (χ3v) is 5.23. The van der Waals surface area contributed by atoms with E-state index in [0.29, 0.717) is 11.1 Å². The molecule has 3 aromatic rings. The molecule has 140 valence electrons. The number of aromatic nitrogens is 2. The molecular formula is C21H24N4OS. The highest BCUT2D eigenvalue weighted by Gasteiger charge is 2.16. The van der Waals surface area contributed by atoms with Gasteiger partial charge in [0.05, 0.1) is 17.1 Å². The van der Waals surface area contributed by atoms with Gasteiger partial charge in [0.2, 0.25) is 0 Å². The summed E-state index contributed by atoms with van der Waals surface area (Å²) in [4.78, 5) is 20.4. The molecule has 0 saturated carbocycles. The van der Waals surface area contributed by atoms with E-state index in [9.17, 15) is 4.79 Å². The van der Waals surface area contributed by atoms with Crippen LogP contribution in [0.15, 0.2) is 54.9 Å². The van der Waals surface area contributed by atoms with E-state index >= 15 is 0 Å². The van der Waals surface area contributed by atoms with Crippen molar-refractivity contribution in [2.45, 2.75) is 25.3 Å². The summed E-state index contributed by atoms with van der Waals surface area (Å²) in [6, 6.07) is 15.9. The van der Waals surface area contributed by atoms with E-state index in [2.05, 4.69) is 45.8 Å². The Labute approximate surface area is 163 Å². The van der Waals surface area contributed by atoms with E-state index in [1.165, 1.54) is 24.1 Å². The van der Waals surface area contributed by atoms with Gasteiger partial charge in [-0.25, -0.2) is 9.97 Å². The molecular weight excluding hydrogens is 356 g/mol. The smallest absolute Gasteiger partial charge is 0.250 e. The maximum absolute atomic E-state index is 11.7. The number of carbonyl (C=O) groups is 1. The van der Waals surface area contributed by atoms with Crippen molar-refractivity contribution in [3.05, 3.63) is 66.0 Å². The molecule has 0 spiro atoms. The van der Waals surface area contributed by atoms with Crippen molar-refractivity contribution in [1.29, 1.82) is 0 Å². The second kappa shape index (κ2) is 9.37. The lowest BCUT2D eigenvalue weighted by atomic mass is 10.0. The molecule has 0 bridgehead atoms. The van der Waals surface area contributed by atoms with Crippen LogP contribution in [0.1, 0.15) is 41.2 Å². The Morgan fingerprint density at radius 3 is 2.67 bits per heavy atom. The summed E-state index contributed by atoms with van der Waals surface area (Å²) in [5.41, 5.74) is 7.71. The van der Waals surface area contributed by atoms with Crippen LogP contribution >= 0.6 is 11.8 Å². The normalized spacial score (nSPS) is 12.0. The Balaban J connectivity index is 1.91. The first-order valence-electron chi connectivity index (χ1n) is 9.04. The second-order valence-electron chi connectivity index (χ2n) is 6.38. The third-order valence-electron chi connectivity index (χ3n) is 4.53. The van der Waals surface area contributed by atoms with Crippen LogP contribution in [0, 0.1) is 0 Å². The number of anilines is 1. The predicted octanol–water partition coefficient (Wildman–Crippen LogP) is 4.42. The van der Waals surface area contributed by atoms with E-state index in [-0.39, 0.29) is 6.04 Å². The molecule has 1 atom stereocenters. The van der Waals surface area contributed by atoms with E-state index in [0.717, 1.165) is 24.0 Å². The first kappa shape index (κ1) is 19.2. The van der Waals surface area contributed by atoms with Crippen LogP contribution in [-0.2, 0) is 0 Å². The largest absolute Gasteiger partial charge is 0.366 e. The highest BCUT2D eigenvalue weighted by atomic mass is 32.2. The number of amides is 1. The quantitative estimate of drug-likeness (QED) is 0.537. The fourth-order valence-corrected chi connectivity index (χ4v) is 3.66. The zero-order valence-corrected chi connectivity index (χ0v) is 16.2. The molecule has 0 aliphatic carbocycles. The van der Waals surface area contributed by atoms with Gasteiger partial charge in [0.1, 0.15) is 12.1 Å². The van der Waals surface area contributed by atoms with Crippen LogP contribution in [0.4, 0.5) is 5.82 Å². The number of unbranched alkanes of at least 4 members (excludes halogenated alkanes) is 1. The third kappa shape index (κ3) is 4.77. The molecule has 0 unspecified atom stereocenters. The van der Waals surface area contributed by atoms with E-state index < -0.39 is 5.91 Å². The monoisotopic (exact) mass is 380 g/mol. The van der Waals surface area contributed by atoms with Crippen LogP contribution in [0.5, 0.6) is 0 Å². The Morgan fingerprint density at radius 1 is 1.11 bits per heavy atom. The van der Waals surface area contributed by atoms with Gasteiger partial charge in [-0.05, 0) is 42.5 Å². The van der Waals surface area contributed by atoms with Crippen LogP contribution in [-0.4, -0.2) is 27.9 Å². The molecule has 3 N–H and O–H groups in total. The van der Waals surface area contributed by atoms with Gasteiger partial charge >= 0.3 is 0 Å². The summed E-state index contributed by atoms with van der Waals surface area (Å²) in [6.45, 7) is 0. The van der Waals surface area contributed by atoms with Gasteiger partial charge in [-0.2, -0.15) is 11.8 Å². The summed E-state index contributed by atoms with van der Waals surface area (Å²) < 4.78 is 0. The molecule has 0 fully saturated rings. The fourth-order valence-electron chi connectivity index (χ4n) is 3.17. The minimum atomic E-state index is -0.484. The number of hydrogen-bond acceptors (Lipinski definition) is 5. The summed E-state index contributed by atoms with van der Waals surface area (Å²) in [7, 11) is 0.